The van der Waals surface area contributed by atoms with Gasteiger partial charge in [0.2, 0.25) is 0 Å². The van der Waals surface area contributed by atoms with Gasteiger partial charge >= 0.3 is 12.2 Å². The van der Waals surface area contributed by atoms with E-state index in [1.54, 1.807) is 29.8 Å². The molecule has 0 saturated carbocycles. The molecule has 2 atom stereocenters. The monoisotopic (exact) mass is 483 g/mol. The summed E-state index contributed by atoms with van der Waals surface area (Å²) in [5, 5.41) is 14.0. The smallest absolute Gasteiger partial charge is 0.420 e. The lowest BCUT2D eigenvalue weighted by molar-refractivity contribution is -0.166. The maximum atomic E-state index is 13.6. The van der Waals surface area contributed by atoms with Crippen molar-refractivity contribution in [3.63, 3.8) is 0 Å². The van der Waals surface area contributed by atoms with E-state index < -0.39 is 24.2 Å². The Bertz CT molecular complexity index is 1030. The van der Waals surface area contributed by atoms with Crippen LogP contribution in [0.5, 0.6) is 0 Å². The van der Waals surface area contributed by atoms with Crippen molar-refractivity contribution in [3.05, 3.63) is 82.8 Å². The molecule has 8 nitrogen and oxygen atoms in total. The highest BCUT2D eigenvalue weighted by Gasteiger charge is 2.40. The first-order valence-electron chi connectivity index (χ1n) is 11.1. The first-order valence-corrected chi connectivity index (χ1v) is 12.0. The third-order valence-electron chi connectivity index (χ3n) is 5.13. The fraction of sp³-hybridized carbons (Fsp3) is 0.320. The number of aromatic nitrogens is 1. The van der Waals surface area contributed by atoms with Crippen molar-refractivity contribution < 1.29 is 24.2 Å². The summed E-state index contributed by atoms with van der Waals surface area (Å²) in [5.41, 5.74) is 2.82. The van der Waals surface area contributed by atoms with Crippen molar-refractivity contribution in [2.75, 3.05) is 11.9 Å². The van der Waals surface area contributed by atoms with Crippen molar-refractivity contribution in [2.45, 2.75) is 44.6 Å². The molecule has 0 aliphatic carbocycles. The number of nitrogens with one attached hydrogen (secondary N) is 1. The highest BCUT2D eigenvalue weighted by atomic mass is 32.1. The number of unbranched alkanes of at least 4 members (excludes halogenated alkanes) is 1. The molecular weight excluding hydrogens is 454 g/mol. The summed E-state index contributed by atoms with van der Waals surface area (Å²) in [6.45, 7) is 2.00. The molecule has 9 heteroatoms. The van der Waals surface area contributed by atoms with Gasteiger partial charge < -0.3 is 19.9 Å². The van der Waals surface area contributed by atoms with Gasteiger partial charge in [-0.2, -0.15) is 0 Å². The number of hydrogen-bond acceptors (Lipinski definition) is 7. The number of hydrogen-bond donors (Lipinski definition) is 2. The van der Waals surface area contributed by atoms with Crippen LogP contribution in [0.1, 0.15) is 36.6 Å². The van der Waals surface area contributed by atoms with Gasteiger partial charge in [-0.1, -0.05) is 61.9 Å². The van der Waals surface area contributed by atoms with Gasteiger partial charge in [-0.25, -0.2) is 14.5 Å². The van der Waals surface area contributed by atoms with E-state index in [0.29, 0.717) is 23.4 Å². The number of alkyl carbamates (subject to hydrolysis) is 1. The Labute approximate surface area is 203 Å². The molecule has 0 aliphatic heterocycles. The number of para-hydroxylation sites is 1. The summed E-state index contributed by atoms with van der Waals surface area (Å²) in [6, 6.07) is 18.0. The number of amides is 2. The van der Waals surface area contributed by atoms with Gasteiger partial charge in [0.25, 0.3) is 5.79 Å². The third-order valence-corrected chi connectivity index (χ3v) is 6.04. The summed E-state index contributed by atoms with van der Waals surface area (Å²) in [5.74, 6) is -1.96. The van der Waals surface area contributed by atoms with E-state index in [-0.39, 0.29) is 6.42 Å². The molecule has 0 radical (unpaired) electrons. The Balaban J connectivity index is 1.97. The van der Waals surface area contributed by atoms with Crippen LogP contribution in [0, 0.1) is 0 Å². The fourth-order valence-electron chi connectivity index (χ4n) is 3.43. The molecule has 0 bridgehead atoms. The number of nitrogens with zero attached hydrogens (tertiary/aromatic N) is 2. The van der Waals surface area contributed by atoms with Crippen molar-refractivity contribution in [1.82, 2.24) is 10.3 Å². The highest BCUT2D eigenvalue weighted by Crippen LogP contribution is 2.32. The van der Waals surface area contributed by atoms with E-state index in [4.69, 9.17) is 9.47 Å². The van der Waals surface area contributed by atoms with Gasteiger partial charge in [0, 0.05) is 26.1 Å². The second-order valence-electron chi connectivity index (χ2n) is 7.64. The zero-order valence-electron chi connectivity index (χ0n) is 19.2. The van der Waals surface area contributed by atoms with Crippen LogP contribution in [0.4, 0.5) is 15.3 Å². The predicted molar refractivity (Wildman–Crippen MR) is 130 cm³/mol. The Morgan fingerprint density at radius 1 is 1.15 bits per heavy atom. The van der Waals surface area contributed by atoms with E-state index in [9.17, 15) is 14.7 Å². The summed E-state index contributed by atoms with van der Waals surface area (Å²) in [4.78, 5) is 31.4. The second-order valence-corrected chi connectivity index (χ2v) is 8.52. The molecule has 0 spiro atoms. The standard InChI is InChI=1S/C25H29N3O5S/c1-3-4-15-22(32-23(29)26-2)28(20-13-9-6-10-14-20)24(30)33-25(31,21-17-27-18-34-21)16-19-11-7-5-8-12-19/h5-14,17-18,22,31H,3-4,15-16H2,1-2H3,(H,26,29). The molecule has 1 heterocycles. The maximum absolute atomic E-state index is 13.6. The van der Waals surface area contributed by atoms with Gasteiger partial charge in [0.15, 0.2) is 6.23 Å². The minimum atomic E-state index is -1.96. The molecule has 34 heavy (non-hydrogen) atoms. The average Bonchev–Trinajstić information content (AvgIpc) is 3.40. The van der Waals surface area contributed by atoms with E-state index in [1.807, 2.05) is 43.3 Å². The van der Waals surface area contributed by atoms with Gasteiger partial charge in [0.1, 0.15) is 0 Å². The largest absolute Gasteiger partial charge is 0.425 e. The number of benzene rings is 2. The normalized spacial score (nSPS) is 13.4. The quantitative estimate of drug-likeness (QED) is 0.392. The van der Waals surface area contributed by atoms with Gasteiger partial charge in [0.05, 0.1) is 16.1 Å². The minimum Gasteiger partial charge on any atom is -0.425 e. The number of rotatable bonds is 10. The summed E-state index contributed by atoms with van der Waals surface area (Å²) >= 11 is 1.18. The van der Waals surface area contributed by atoms with Crippen LogP contribution in [0.3, 0.4) is 0 Å². The average molecular weight is 484 g/mol. The molecule has 0 aliphatic rings. The number of carbonyl (C=O) groups is 2. The summed E-state index contributed by atoms with van der Waals surface area (Å²) < 4.78 is 11.3. The zero-order valence-corrected chi connectivity index (χ0v) is 20.0. The van der Waals surface area contributed by atoms with Gasteiger partial charge in [-0.05, 0) is 24.1 Å². The number of carbonyl (C=O) groups excluding carboxylic acids is 2. The van der Waals surface area contributed by atoms with Crippen LogP contribution in [0.2, 0.25) is 0 Å². The van der Waals surface area contributed by atoms with Crippen LogP contribution in [0.25, 0.3) is 0 Å². The molecule has 1 aromatic heterocycles. The lowest BCUT2D eigenvalue weighted by Crippen LogP contribution is -2.48. The Morgan fingerprint density at radius 2 is 1.82 bits per heavy atom. The van der Waals surface area contributed by atoms with E-state index in [2.05, 4.69) is 10.3 Å². The molecule has 2 N–H and O–H groups in total. The second kappa shape index (κ2) is 12.2. The van der Waals surface area contributed by atoms with Crippen molar-refractivity contribution in [3.8, 4) is 0 Å². The number of aliphatic hydroxyl groups is 1. The molecule has 2 aromatic carbocycles. The molecule has 3 aromatic rings. The molecule has 2 unspecified atom stereocenters. The van der Waals surface area contributed by atoms with E-state index in [1.165, 1.54) is 29.5 Å². The predicted octanol–water partition coefficient (Wildman–Crippen LogP) is 5.05. The van der Waals surface area contributed by atoms with Crippen molar-refractivity contribution in [2.24, 2.45) is 0 Å². The Kier molecular flexibility index (Phi) is 9.00. The first-order chi connectivity index (χ1) is 16.5. The van der Waals surface area contributed by atoms with Crippen LogP contribution in [-0.4, -0.2) is 35.6 Å². The maximum Gasteiger partial charge on any atom is 0.420 e. The topological polar surface area (TPSA) is 101 Å². The van der Waals surface area contributed by atoms with Crippen molar-refractivity contribution >= 4 is 29.2 Å². The third kappa shape index (κ3) is 6.55. The van der Waals surface area contributed by atoms with E-state index >= 15 is 0 Å². The Hall–Kier alpha value is -3.43. The number of ether oxygens (including phenoxy) is 2. The molecule has 2 amide bonds. The molecule has 3 rings (SSSR count). The molecule has 180 valence electrons. The van der Waals surface area contributed by atoms with Gasteiger partial charge in [-0.15, -0.1) is 11.3 Å². The lowest BCUT2D eigenvalue weighted by Gasteiger charge is -2.34. The molecule has 0 fully saturated rings. The number of thiazole rings is 1. The fourth-order valence-corrected chi connectivity index (χ4v) is 4.08. The lowest BCUT2D eigenvalue weighted by atomic mass is 10.0. The number of anilines is 1. The molecular formula is C25H29N3O5S. The van der Waals surface area contributed by atoms with E-state index in [0.717, 1.165) is 12.0 Å². The first kappa shape index (κ1) is 25.2. The van der Waals surface area contributed by atoms with Gasteiger partial charge in [-0.3, -0.25) is 4.98 Å². The minimum absolute atomic E-state index is 0.0281. The molecule has 0 saturated heterocycles. The van der Waals surface area contributed by atoms with Crippen LogP contribution >= 0.6 is 11.3 Å². The van der Waals surface area contributed by atoms with Crippen LogP contribution in [-0.2, 0) is 21.7 Å². The van der Waals surface area contributed by atoms with Crippen molar-refractivity contribution in [1.29, 1.82) is 0 Å². The summed E-state index contributed by atoms with van der Waals surface area (Å²) in [7, 11) is 1.45. The SMILES string of the molecule is CCCCC(OC(=O)NC)N(C(=O)OC(O)(Cc1ccccc1)c1cncs1)c1ccccc1. The Morgan fingerprint density at radius 3 is 2.41 bits per heavy atom. The van der Waals surface area contributed by atoms with Crippen LogP contribution in [0.15, 0.2) is 72.4 Å². The highest BCUT2D eigenvalue weighted by molar-refractivity contribution is 7.09. The summed E-state index contributed by atoms with van der Waals surface area (Å²) in [6.07, 6.45) is 0.998. The zero-order chi connectivity index (χ0) is 24.4. The van der Waals surface area contributed by atoms with Crippen LogP contribution < -0.4 is 10.2 Å².